The highest BCUT2D eigenvalue weighted by atomic mass is 19.4. The van der Waals surface area contributed by atoms with Gasteiger partial charge in [0, 0.05) is 32.7 Å². The van der Waals surface area contributed by atoms with E-state index in [1.165, 1.54) is 27.7 Å². The average Bonchev–Trinajstić information content (AvgIpc) is 0.681. The summed E-state index contributed by atoms with van der Waals surface area (Å²) in [6.07, 6.45) is -18.4. The molecule has 0 heterocycles. The Hall–Kier alpha value is -7.10. The Labute approximate surface area is 524 Å². The van der Waals surface area contributed by atoms with Crippen LogP contribution in [0.2, 0.25) is 0 Å². The Morgan fingerprint density at radius 3 is 0.684 bits per heavy atom. The zero-order valence-corrected chi connectivity index (χ0v) is 49.1. The Morgan fingerprint density at radius 2 is 0.469 bits per heavy atom. The second-order valence-corrected chi connectivity index (χ2v) is 21.5. The van der Waals surface area contributed by atoms with E-state index in [-0.39, 0.29) is 62.8 Å². The van der Waals surface area contributed by atoms with Crippen molar-refractivity contribution < 1.29 is 187 Å². The van der Waals surface area contributed by atoms with Crippen molar-refractivity contribution in [1.29, 1.82) is 0 Å². The van der Waals surface area contributed by atoms with Crippen LogP contribution in [0.1, 0.15) is 132 Å². The number of halogens is 34. The molecule has 0 aliphatic heterocycles. The molecule has 0 saturated carbocycles. The van der Waals surface area contributed by atoms with Crippen LogP contribution in [0.15, 0.2) is 36.4 Å². The van der Waals surface area contributed by atoms with Gasteiger partial charge in [-0.25, -0.2) is 19.2 Å². The number of fused-ring (bicyclic) bond motifs is 2. The lowest BCUT2D eigenvalue weighted by atomic mass is 9.77. The summed E-state index contributed by atoms with van der Waals surface area (Å²) in [7, 11) is 0. The van der Waals surface area contributed by atoms with Crippen LogP contribution in [0.4, 0.5) is 149 Å². The number of carbonyl (C=O) groups excluding carboxylic acids is 4. The molecule has 0 spiro atoms. The van der Waals surface area contributed by atoms with Crippen LogP contribution in [0, 0.1) is 0 Å². The maximum absolute atomic E-state index is 17.6. The van der Waals surface area contributed by atoms with E-state index in [4.69, 9.17) is 18.9 Å². The van der Waals surface area contributed by atoms with E-state index in [2.05, 4.69) is 0 Å². The molecule has 0 aromatic heterocycles. The highest BCUT2D eigenvalue weighted by molar-refractivity contribution is 6.39. The zero-order chi connectivity index (χ0) is 75.9. The summed E-state index contributed by atoms with van der Waals surface area (Å²) in [4.78, 5) is 56.5. The Balaban J connectivity index is 2.31. The van der Waals surface area contributed by atoms with Crippen molar-refractivity contribution in [3.63, 3.8) is 0 Å². The average molecular weight is 1490 g/mol. The quantitative estimate of drug-likeness (QED) is 0.0112. The summed E-state index contributed by atoms with van der Waals surface area (Å²) in [6.45, 7) is 1.02. The summed E-state index contributed by atoms with van der Waals surface area (Å²) < 4.78 is 535. The van der Waals surface area contributed by atoms with Crippen LogP contribution in [-0.2, 0) is 30.8 Å². The molecule has 0 aliphatic carbocycles. The minimum absolute atomic E-state index is 0.00739. The second-order valence-electron chi connectivity index (χ2n) is 21.5. The predicted octanol–water partition coefficient (Wildman–Crippen LogP) is 20.5. The predicted molar refractivity (Wildman–Crippen MR) is 268 cm³/mol. The van der Waals surface area contributed by atoms with Crippen LogP contribution in [0.25, 0.3) is 43.1 Å². The van der Waals surface area contributed by atoms with Crippen molar-refractivity contribution in [2.24, 2.45) is 0 Å². The summed E-state index contributed by atoms with van der Waals surface area (Å²) in [5, 5.41) is -18.3. The summed E-state index contributed by atoms with van der Waals surface area (Å²) in [5.41, 5.74) is -15.1. The number of rotatable bonds is 30. The minimum atomic E-state index is -9.45. The molecule has 8 nitrogen and oxygen atoms in total. The first-order valence-corrected chi connectivity index (χ1v) is 27.5. The molecule has 5 rings (SSSR count). The summed E-state index contributed by atoms with van der Waals surface area (Å²) in [5.74, 6) is -135. The van der Waals surface area contributed by atoms with Gasteiger partial charge in [-0.15, -0.1) is 0 Å². The molecule has 0 saturated heterocycles. The van der Waals surface area contributed by atoms with E-state index in [0.717, 1.165) is 0 Å². The Bertz CT molecular complexity index is 3570. The number of esters is 4. The van der Waals surface area contributed by atoms with Gasteiger partial charge in [0.1, 0.15) is 0 Å². The lowest BCUT2D eigenvalue weighted by Gasteiger charge is -2.43. The van der Waals surface area contributed by atoms with Gasteiger partial charge in [0.25, 0.3) is 0 Å². The Morgan fingerprint density at radius 1 is 0.265 bits per heavy atom. The number of alkyl halides is 34. The third-order valence-electron chi connectivity index (χ3n) is 15.0. The molecule has 0 aliphatic rings. The SMILES string of the molecule is CCCCOC(=O)c1ccc2c3c(C(F)(F)C(F)(F)C(F)(F)C(F)(F)C(F)(F)C(F)(F)C(F)(F)C(F)(F)F)cc(C(=O)OCCCC)c4c(C(=O)OCCCC)ccc(c5c(C(F)(F)C(F)(F)C(F)(F)C(F)(F)C(F)(F)C(F)(F)C(F)(F)C(F)(F)F)cc(C(=O)OCCCC)c1c25)c43. The fraction of sp³-hybridized carbons (Fsp3) is 0.571. The number of ether oxygens (including phenoxy) is 4. The topological polar surface area (TPSA) is 105 Å². The van der Waals surface area contributed by atoms with E-state index in [1.54, 1.807) is 0 Å². The number of hydrogen-bond acceptors (Lipinski definition) is 8. The van der Waals surface area contributed by atoms with Gasteiger partial charge in [0.2, 0.25) is 0 Å². The largest absolute Gasteiger partial charge is 0.462 e. The molecule has 42 heteroatoms. The molecule has 0 bridgehead atoms. The van der Waals surface area contributed by atoms with Crippen LogP contribution in [-0.4, -0.2) is 134 Å². The first kappa shape index (κ1) is 81.6. The standard InChI is InChI=1S/C56H42F34O8/c1-5-9-17-95-37(91)25-15-13-23-34-30(42(59,60)44(63,64)46(67,68)48(71,72)50(75,76)52(79,80)54(83,84)56(88,89)90)22-28(40(94)98-20-12-8-4)32-26(38(92)96-18-10-6-2)16-14-24(36(32)34)33-29(21-27(31(25)35(23)33)39(93)97-19-11-7-3)41(57,58)43(61,62)45(65,66)47(69,70)49(73,74)51(77,78)53(81,82)55(85,86)87/h13-16,21-22H,5-12,17-20H2,1-4H3. The molecule has 0 atom stereocenters. The summed E-state index contributed by atoms with van der Waals surface area (Å²) in [6, 6.07) is -2.83. The third kappa shape index (κ3) is 11.8. The van der Waals surface area contributed by atoms with Gasteiger partial charge in [-0.2, -0.15) is 149 Å². The third-order valence-corrected chi connectivity index (χ3v) is 15.0. The fourth-order valence-electron chi connectivity index (χ4n) is 9.48. The van der Waals surface area contributed by atoms with Crippen LogP contribution < -0.4 is 0 Å². The number of unbranched alkanes of at least 4 members (excludes halogenated alkanes) is 4. The molecule has 98 heavy (non-hydrogen) atoms. The molecule has 0 amide bonds. The van der Waals surface area contributed by atoms with E-state index < -0.39 is 247 Å². The fourth-order valence-corrected chi connectivity index (χ4v) is 9.48. The normalized spacial score (nSPS) is 14.7. The first-order valence-electron chi connectivity index (χ1n) is 27.5. The highest BCUT2D eigenvalue weighted by Gasteiger charge is 2.97. The monoisotopic (exact) mass is 1490 g/mol. The van der Waals surface area contributed by atoms with Crippen LogP contribution in [0.5, 0.6) is 0 Å². The molecule has 5 aromatic rings. The Kier molecular flexibility index (Phi) is 21.7. The van der Waals surface area contributed by atoms with Gasteiger partial charge in [0.05, 0.1) is 48.7 Å². The van der Waals surface area contributed by atoms with Crippen molar-refractivity contribution in [3.8, 4) is 0 Å². The van der Waals surface area contributed by atoms with E-state index in [9.17, 15) is 98.2 Å². The number of hydrogen-bond donors (Lipinski definition) is 0. The van der Waals surface area contributed by atoms with E-state index >= 15 is 70.2 Å². The van der Waals surface area contributed by atoms with Crippen molar-refractivity contribution in [1.82, 2.24) is 0 Å². The van der Waals surface area contributed by atoms with Crippen molar-refractivity contribution in [2.75, 3.05) is 26.4 Å². The summed E-state index contributed by atoms with van der Waals surface area (Å²) >= 11 is 0. The maximum Gasteiger partial charge on any atom is 0.460 e. The van der Waals surface area contributed by atoms with Crippen LogP contribution in [0.3, 0.4) is 0 Å². The van der Waals surface area contributed by atoms with Crippen molar-refractivity contribution in [2.45, 2.75) is 174 Å². The van der Waals surface area contributed by atoms with E-state index in [0.29, 0.717) is 0 Å². The molecule has 5 aromatic carbocycles. The maximum atomic E-state index is 17.6. The lowest BCUT2D eigenvalue weighted by molar-refractivity contribution is -0.462. The van der Waals surface area contributed by atoms with Gasteiger partial charge < -0.3 is 18.9 Å². The molecule has 0 unspecified atom stereocenters. The second kappa shape index (κ2) is 26.1. The lowest BCUT2D eigenvalue weighted by Crippen LogP contribution is -2.74. The zero-order valence-electron chi connectivity index (χ0n) is 49.1. The minimum Gasteiger partial charge on any atom is -0.462 e. The number of carbonyl (C=O) groups is 4. The van der Waals surface area contributed by atoms with Gasteiger partial charge in [-0.05, 0) is 71.5 Å². The van der Waals surface area contributed by atoms with Crippen molar-refractivity contribution >= 4 is 67.0 Å². The van der Waals surface area contributed by atoms with Gasteiger partial charge >= 0.3 is 119 Å². The van der Waals surface area contributed by atoms with Crippen LogP contribution >= 0.6 is 0 Å². The van der Waals surface area contributed by atoms with Gasteiger partial charge in [-0.1, -0.05) is 65.5 Å². The first-order chi connectivity index (χ1) is 44.1. The smallest absolute Gasteiger partial charge is 0.460 e. The van der Waals surface area contributed by atoms with E-state index in [1.807, 2.05) is 0 Å². The molecule has 0 N–H and O–H groups in total. The molecule has 0 fully saturated rings. The highest BCUT2D eigenvalue weighted by Crippen LogP contribution is 2.69. The van der Waals surface area contributed by atoms with Gasteiger partial charge in [-0.3, -0.25) is 0 Å². The molecule has 0 radical (unpaired) electrons. The van der Waals surface area contributed by atoms with Crippen molar-refractivity contribution in [3.05, 3.63) is 69.8 Å². The molecule has 552 valence electrons. The number of benzene rings is 5. The van der Waals surface area contributed by atoms with Gasteiger partial charge in [0.15, 0.2) is 0 Å². The molecular formula is C56H42F34O8. The molecular weight excluding hydrogens is 1450 g/mol.